The van der Waals surface area contributed by atoms with Crippen LogP contribution in [0.2, 0.25) is 0 Å². The molecule has 0 saturated carbocycles. The van der Waals surface area contributed by atoms with E-state index in [0.717, 1.165) is 5.56 Å². The number of hydrogen-bond acceptors (Lipinski definition) is 5. The quantitative estimate of drug-likeness (QED) is 0.762. The molecule has 2 aliphatic heterocycles. The second-order valence-corrected chi connectivity index (χ2v) is 9.20. The third kappa shape index (κ3) is 4.29. The zero-order valence-electron chi connectivity index (χ0n) is 17.6. The molecule has 1 atom stereocenters. The number of rotatable bonds is 3. The van der Waals surface area contributed by atoms with Crippen molar-refractivity contribution in [1.82, 2.24) is 9.80 Å². The molecule has 2 amide bonds. The molecule has 0 aromatic heterocycles. The van der Waals surface area contributed by atoms with E-state index in [1.54, 1.807) is 17.0 Å². The van der Waals surface area contributed by atoms with Gasteiger partial charge in [-0.3, -0.25) is 14.5 Å². The van der Waals surface area contributed by atoms with E-state index in [1.165, 1.54) is 4.90 Å². The Kier molecular flexibility index (Phi) is 5.72. The second-order valence-electron chi connectivity index (χ2n) is 9.20. The Morgan fingerprint density at radius 3 is 2.34 bits per heavy atom. The van der Waals surface area contributed by atoms with Crippen LogP contribution in [-0.2, 0) is 14.3 Å². The van der Waals surface area contributed by atoms with Gasteiger partial charge < -0.3 is 19.5 Å². The minimum absolute atomic E-state index is 0.0681. The van der Waals surface area contributed by atoms with Gasteiger partial charge in [-0.25, -0.2) is 0 Å². The number of carboxylic acids is 1. The fourth-order valence-corrected chi connectivity index (χ4v) is 4.16. The van der Waals surface area contributed by atoms with E-state index in [0.29, 0.717) is 37.9 Å². The predicted molar refractivity (Wildman–Crippen MR) is 105 cm³/mol. The summed E-state index contributed by atoms with van der Waals surface area (Å²) in [6.07, 6.45) is 1.20. The van der Waals surface area contributed by atoms with Crippen LogP contribution in [0.3, 0.4) is 0 Å². The maximum absolute atomic E-state index is 13.3. The van der Waals surface area contributed by atoms with Crippen molar-refractivity contribution in [3.8, 4) is 0 Å². The van der Waals surface area contributed by atoms with E-state index in [2.05, 4.69) is 0 Å². The highest BCUT2D eigenvalue weighted by atomic mass is 16.5. The highest BCUT2D eigenvalue weighted by molar-refractivity contribution is 5.98. The van der Waals surface area contributed by atoms with Crippen molar-refractivity contribution in [1.29, 1.82) is 0 Å². The van der Waals surface area contributed by atoms with E-state index in [4.69, 9.17) is 4.74 Å². The van der Waals surface area contributed by atoms with Gasteiger partial charge in [-0.15, -0.1) is 0 Å². The third-order valence-electron chi connectivity index (χ3n) is 5.71. The molecule has 7 heteroatoms. The van der Waals surface area contributed by atoms with Gasteiger partial charge in [0, 0.05) is 37.9 Å². The Morgan fingerprint density at radius 2 is 1.79 bits per heavy atom. The van der Waals surface area contributed by atoms with Gasteiger partial charge in [0.1, 0.15) is 5.72 Å². The van der Waals surface area contributed by atoms with Crippen molar-refractivity contribution in [3.05, 3.63) is 35.4 Å². The number of carbonyl (C=O) groups is 3. The maximum atomic E-state index is 13.3. The lowest BCUT2D eigenvalue weighted by atomic mass is 9.90. The first kappa shape index (κ1) is 21.3. The summed E-state index contributed by atoms with van der Waals surface area (Å²) in [5.41, 5.74) is 0.0929. The van der Waals surface area contributed by atoms with Crippen molar-refractivity contribution in [2.75, 3.05) is 19.7 Å². The third-order valence-corrected chi connectivity index (χ3v) is 5.71. The van der Waals surface area contributed by atoms with Gasteiger partial charge >= 0.3 is 0 Å². The molecule has 158 valence electrons. The number of benzene rings is 1. The monoisotopic (exact) mass is 401 g/mol. The molecule has 0 bridgehead atoms. The Labute approximate surface area is 171 Å². The number of amides is 2. The van der Waals surface area contributed by atoms with E-state index in [9.17, 15) is 19.5 Å². The van der Waals surface area contributed by atoms with Crippen LogP contribution < -0.4 is 5.11 Å². The van der Waals surface area contributed by atoms with E-state index in [-0.39, 0.29) is 23.8 Å². The van der Waals surface area contributed by atoms with Gasteiger partial charge in [0.25, 0.3) is 5.91 Å². The van der Waals surface area contributed by atoms with Crippen LogP contribution in [0.15, 0.2) is 24.3 Å². The Morgan fingerprint density at radius 1 is 1.17 bits per heavy atom. The van der Waals surface area contributed by atoms with Gasteiger partial charge in [-0.2, -0.15) is 0 Å². The minimum atomic E-state index is -1.32. The van der Waals surface area contributed by atoms with Crippen LogP contribution in [0.4, 0.5) is 0 Å². The predicted octanol–water partition coefficient (Wildman–Crippen LogP) is 1.34. The maximum Gasteiger partial charge on any atom is 0.257 e. The van der Waals surface area contributed by atoms with Crippen molar-refractivity contribution >= 4 is 17.8 Å². The standard InChI is InChI=1S/C22H30N2O5/c1-15-7-5-6-8-16(15)19(26)24-17(20(27)28)14-29-22(24)9-11-23(12-10-22)18(25)13-21(2,3)4/h5-8,17H,9-14H2,1-4H3,(H,27,28)/p-1/t17-/m1/s1. The summed E-state index contributed by atoms with van der Waals surface area (Å²) < 4.78 is 5.93. The molecule has 1 aromatic carbocycles. The number of aryl methyl sites for hydroxylation is 1. The first-order chi connectivity index (χ1) is 13.5. The molecule has 0 radical (unpaired) electrons. The molecular formula is C22H29N2O5-. The normalized spacial score (nSPS) is 21.4. The fourth-order valence-electron chi connectivity index (χ4n) is 4.16. The van der Waals surface area contributed by atoms with Crippen LogP contribution >= 0.6 is 0 Å². The van der Waals surface area contributed by atoms with E-state index in [1.807, 2.05) is 39.8 Å². The minimum Gasteiger partial charge on any atom is -0.548 e. The van der Waals surface area contributed by atoms with Gasteiger partial charge in [0.15, 0.2) is 0 Å². The first-order valence-corrected chi connectivity index (χ1v) is 10.1. The lowest BCUT2D eigenvalue weighted by Crippen LogP contribution is -2.60. The molecule has 29 heavy (non-hydrogen) atoms. The number of piperidine rings is 1. The molecule has 2 fully saturated rings. The van der Waals surface area contributed by atoms with Crippen LogP contribution in [-0.4, -0.2) is 59.0 Å². The smallest absolute Gasteiger partial charge is 0.257 e. The summed E-state index contributed by atoms with van der Waals surface area (Å²) in [7, 11) is 0. The highest BCUT2D eigenvalue weighted by Gasteiger charge is 2.52. The largest absolute Gasteiger partial charge is 0.548 e. The molecule has 3 rings (SSSR count). The second kappa shape index (κ2) is 7.78. The van der Waals surface area contributed by atoms with Crippen molar-refractivity contribution in [2.24, 2.45) is 5.41 Å². The Bertz CT molecular complexity index is 806. The van der Waals surface area contributed by atoms with Crippen molar-refractivity contribution in [3.63, 3.8) is 0 Å². The molecule has 2 heterocycles. The molecule has 1 aromatic rings. The highest BCUT2D eigenvalue weighted by Crippen LogP contribution is 2.39. The Balaban J connectivity index is 1.83. The van der Waals surface area contributed by atoms with Crippen LogP contribution in [0.1, 0.15) is 56.0 Å². The van der Waals surface area contributed by atoms with Gasteiger partial charge in [0.2, 0.25) is 5.91 Å². The first-order valence-electron chi connectivity index (χ1n) is 10.1. The summed E-state index contributed by atoms with van der Waals surface area (Å²) in [6, 6.07) is 5.96. The van der Waals surface area contributed by atoms with Gasteiger partial charge in [-0.1, -0.05) is 39.0 Å². The molecule has 0 unspecified atom stereocenters. The van der Waals surface area contributed by atoms with E-state index >= 15 is 0 Å². The van der Waals surface area contributed by atoms with Crippen molar-refractivity contribution in [2.45, 2.75) is 58.7 Å². The number of nitrogens with zero attached hydrogens (tertiary/aromatic N) is 2. The van der Waals surface area contributed by atoms with Crippen LogP contribution in [0.5, 0.6) is 0 Å². The van der Waals surface area contributed by atoms with Crippen molar-refractivity contribution < 1.29 is 24.2 Å². The van der Waals surface area contributed by atoms with Crippen LogP contribution in [0.25, 0.3) is 0 Å². The number of carbonyl (C=O) groups excluding carboxylic acids is 3. The molecule has 2 aliphatic rings. The summed E-state index contributed by atoms with van der Waals surface area (Å²) >= 11 is 0. The lowest BCUT2D eigenvalue weighted by molar-refractivity contribution is -0.310. The number of likely N-dealkylation sites (tertiary alicyclic amines) is 1. The summed E-state index contributed by atoms with van der Waals surface area (Å²) in [6.45, 7) is 8.61. The van der Waals surface area contributed by atoms with Crippen LogP contribution in [0, 0.1) is 12.3 Å². The molecular weight excluding hydrogens is 372 g/mol. The average molecular weight is 401 g/mol. The fraction of sp³-hybridized carbons (Fsp3) is 0.591. The number of ether oxygens (including phenoxy) is 1. The summed E-state index contributed by atoms with van der Waals surface area (Å²) in [5.74, 6) is -1.63. The summed E-state index contributed by atoms with van der Waals surface area (Å²) in [5, 5.41) is 11.7. The zero-order chi connectivity index (χ0) is 21.4. The molecule has 7 nitrogen and oxygen atoms in total. The molecule has 1 spiro atoms. The number of aliphatic carboxylic acids is 1. The SMILES string of the molecule is Cc1ccccc1C(=O)N1[C@@H](C(=O)[O-])COC12CCN(C(=O)CC(C)(C)C)CC2. The van der Waals surface area contributed by atoms with Gasteiger partial charge in [-0.05, 0) is 24.0 Å². The molecule has 0 aliphatic carbocycles. The number of hydrogen-bond donors (Lipinski definition) is 0. The lowest BCUT2D eigenvalue weighted by Gasteiger charge is -2.45. The molecule has 0 N–H and O–H groups in total. The average Bonchev–Trinajstić information content (AvgIpc) is 2.99. The zero-order valence-corrected chi connectivity index (χ0v) is 17.6. The Hall–Kier alpha value is -2.41. The topological polar surface area (TPSA) is 90.0 Å². The van der Waals surface area contributed by atoms with Gasteiger partial charge in [0.05, 0.1) is 18.6 Å². The molecule has 2 saturated heterocycles. The summed E-state index contributed by atoms with van der Waals surface area (Å²) in [4.78, 5) is 40.8. The van der Waals surface area contributed by atoms with E-state index < -0.39 is 17.7 Å². The number of carboxylic acid groups (broad SMARTS) is 1.